The maximum atomic E-state index is 13.2. The molecule has 0 radical (unpaired) electrons. The molecule has 28 heavy (non-hydrogen) atoms. The maximum Gasteiger partial charge on any atom is 0.271 e. The van der Waals surface area contributed by atoms with E-state index in [0.29, 0.717) is 17.8 Å². The Hall–Kier alpha value is -2.58. The number of benzene rings is 1. The Labute approximate surface area is 168 Å². The first kappa shape index (κ1) is 18.8. The third-order valence-corrected chi connectivity index (χ3v) is 7.74. The van der Waals surface area contributed by atoms with Gasteiger partial charge in [0.1, 0.15) is 4.21 Å². The first-order chi connectivity index (χ1) is 13.5. The van der Waals surface area contributed by atoms with Gasteiger partial charge in [-0.15, -0.1) is 11.3 Å². The molecule has 1 N–H and O–H groups in total. The van der Waals surface area contributed by atoms with Gasteiger partial charge >= 0.3 is 0 Å². The molecule has 0 spiro atoms. The zero-order valence-electron chi connectivity index (χ0n) is 15.4. The molecule has 1 atom stereocenters. The van der Waals surface area contributed by atoms with Gasteiger partial charge in [0.25, 0.3) is 15.9 Å². The molecule has 1 fully saturated rings. The summed E-state index contributed by atoms with van der Waals surface area (Å²) in [6.45, 7) is 0.694. The quantitative estimate of drug-likeness (QED) is 0.688. The van der Waals surface area contributed by atoms with Gasteiger partial charge in [0, 0.05) is 36.7 Å². The number of nitrogens with one attached hydrogen (secondary N) is 1. The number of likely N-dealkylation sites (tertiary alicyclic amines) is 1. The van der Waals surface area contributed by atoms with Crippen molar-refractivity contribution in [3.63, 3.8) is 0 Å². The van der Waals surface area contributed by atoms with Crippen LogP contribution in [0.2, 0.25) is 0 Å². The zero-order chi connectivity index (χ0) is 19.7. The fraction of sp³-hybridized carbons (Fsp3) is 0.250. The molecule has 6 nitrogen and oxygen atoms in total. The number of carbonyl (C=O) groups excluding carboxylic acids is 1. The van der Waals surface area contributed by atoms with Crippen LogP contribution in [0.1, 0.15) is 34.9 Å². The minimum atomic E-state index is -3.64. The topological polar surface area (TPSA) is 71.4 Å². The number of amides is 1. The smallest absolute Gasteiger partial charge is 0.271 e. The second-order valence-corrected chi connectivity index (χ2v) is 9.68. The van der Waals surface area contributed by atoms with Gasteiger partial charge < -0.3 is 9.47 Å². The summed E-state index contributed by atoms with van der Waals surface area (Å²) in [6, 6.07) is 14.0. The van der Waals surface area contributed by atoms with Gasteiger partial charge in [-0.1, -0.05) is 12.1 Å². The third-order valence-electron chi connectivity index (χ3n) is 4.96. The highest BCUT2D eigenvalue weighted by Gasteiger charge is 2.32. The van der Waals surface area contributed by atoms with E-state index in [-0.39, 0.29) is 16.2 Å². The summed E-state index contributed by atoms with van der Waals surface area (Å²) < 4.78 is 29.7. The van der Waals surface area contributed by atoms with Crippen molar-refractivity contribution >= 4 is 33.0 Å². The molecule has 0 saturated carbocycles. The van der Waals surface area contributed by atoms with Crippen molar-refractivity contribution in [3.8, 4) is 0 Å². The van der Waals surface area contributed by atoms with Crippen molar-refractivity contribution < 1.29 is 13.2 Å². The van der Waals surface area contributed by atoms with Crippen LogP contribution < -0.4 is 4.72 Å². The van der Waals surface area contributed by atoms with E-state index in [9.17, 15) is 13.2 Å². The maximum absolute atomic E-state index is 13.2. The number of sulfonamides is 1. The van der Waals surface area contributed by atoms with E-state index in [1.807, 2.05) is 34.8 Å². The second kappa shape index (κ2) is 7.44. The summed E-state index contributed by atoms with van der Waals surface area (Å²) in [5.41, 5.74) is 1.97. The first-order valence-electron chi connectivity index (χ1n) is 9.04. The molecule has 0 aliphatic carbocycles. The lowest BCUT2D eigenvalue weighted by Crippen LogP contribution is -2.31. The summed E-state index contributed by atoms with van der Waals surface area (Å²) >= 11 is 1.15. The Morgan fingerprint density at radius 1 is 1.18 bits per heavy atom. The van der Waals surface area contributed by atoms with E-state index in [0.717, 1.165) is 29.9 Å². The van der Waals surface area contributed by atoms with E-state index in [1.54, 1.807) is 41.8 Å². The van der Waals surface area contributed by atoms with Gasteiger partial charge in [-0.05, 0) is 54.6 Å². The van der Waals surface area contributed by atoms with E-state index in [4.69, 9.17) is 0 Å². The minimum Gasteiger partial charge on any atom is -0.353 e. The number of aromatic nitrogens is 1. The fourth-order valence-corrected chi connectivity index (χ4v) is 5.68. The average Bonchev–Trinajstić information content (AvgIpc) is 3.42. The summed E-state index contributed by atoms with van der Waals surface area (Å²) in [5, 5.41) is 1.71. The molecule has 3 heterocycles. The number of rotatable bonds is 5. The van der Waals surface area contributed by atoms with Crippen molar-refractivity contribution in [2.24, 2.45) is 7.05 Å². The van der Waals surface area contributed by atoms with Crippen LogP contribution in [0.5, 0.6) is 0 Å². The molecular formula is C20H21N3O3S2. The van der Waals surface area contributed by atoms with Gasteiger partial charge in [-0.2, -0.15) is 0 Å². The minimum absolute atomic E-state index is 0.0407. The lowest BCUT2D eigenvalue weighted by atomic mass is 10.1. The molecule has 1 aliphatic heterocycles. The molecule has 4 rings (SSSR count). The van der Waals surface area contributed by atoms with Crippen LogP contribution in [0.3, 0.4) is 0 Å². The third kappa shape index (κ3) is 3.57. The van der Waals surface area contributed by atoms with Crippen molar-refractivity contribution in [2.45, 2.75) is 23.1 Å². The van der Waals surface area contributed by atoms with Gasteiger partial charge in [0.05, 0.1) is 6.04 Å². The van der Waals surface area contributed by atoms with Crippen LogP contribution in [0.4, 0.5) is 5.69 Å². The van der Waals surface area contributed by atoms with Crippen LogP contribution in [-0.4, -0.2) is 30.3 Å². The standard InChI is InChI=1S/C20H21N3O3S2/c1-22-11-3-8-17(22)18-9-4-12-23(18)20(24)15-6-2-7-16(14-15)21-28(25,26)19-10-5-13-27-19/h2-3,5-8,10-11,13-14,18,21H,4,9,12H2,1H3. The Balaban J connectivity index is 1.57. The summed E-state index contributed by atoms with van der Waals surface area (Å²) in [4.78, 5) is 15.0. The molecule has 1 unspecified atom stereocenters. The number of aryl methyl sites for hydroxylation is 1. The van der Waals surface area contributed by atoms with Crippen LogP contribution in [0, 0.1) is 0 Å². The van der Waals surface area contributed by atoms with Gasteiger partial charge in [0.2, 0.25) is 0 Å². The molecule has 1 aromatic carbocycles. The van der Waals surface area contributed by atoms with Crippen molar-refractivity contribution in [2.75, 3.05) is 11.3 Å². The number of carbonyl (C=O) groups is 1. The van der Waals surface area contributed by atoms with Gasteiger partial charge in [-0.25, -0.2) is 8.42 Å². The number of hydrogen-bond donors (Lipinski definition) is 1. The highest BCUT2D eigenvalue weighted by Crippen LogP contribution is 2.33. The molecule has 1 aliphatic rings. The Morgan fingerprint density at radius 3 is 2.75 bits per heavy atom. The molecule has 8 heteroatoms. The predicted octanol–water partition coefficient (Wildman–Crippen LogP) is 3.86. The zero-order valence-corrected chi connectivity index (χ0v) is 17.0. The predicted molar refractivity (Wildman–Crippen MR) is 110 cm³/mol. The van der Waals surface area contributed by atoms with Crippen LogP contribution in [0.25, 0.3) is 0 Å². The number of thiophene rings is 1. The monoisotopic (exact) mass is 415 g/mol. The van der Waals surface area contributed by atoms with Crippen molar-refractivity contribution in [1.82, 2.24) is 9.47 Å². The number of anilines is 1. The van der Waals surface area contributed by atoms with Crippen LogP contribution in [-0.2, 0) is 17.1 Å². The van der Waals surface area contributed by atoms with Gasteiger partial charge in [0.15, 0.2) is 0 Å². The average molecular weight is 416 g/mol. The van der Waals surface area contributed by atoms with Crippen molar-refractivity contribution in [1.29, 1.82) is 0 Å². The van der Waals surface area contributed by atoms with Crippen LogP contribution in [0.15, 0.2) is 64.3 Å². The first-order valence-corrected chi connectivity index (χ1v) is 11.4. The molecule has 2 aromatic heterocycles. The fourth-order valence-electron chi connectivity index (χ4n) is 3.64. The molecular weight excluding hydrogens is 394 g/mol. The van der Waals surface area contributed by atoms with E-state index >= 15 is 0 Å². The summed E-state index contributed by atoms with van der Waals surface area (Å²) in [5.74, 6) is -0.0825. The lowest BCUT2D eigenvalue weighted by Gasteiger charge is -2.25. The Morgan fingerprint density at radius 2 is 2.04 bits per heavy atom. The number of hydrogen-bond acceptors (Lipinski definition) is 4. The molecule has 1 amide bonds. The van der Waals surface area contributed by atoms with E-state index in [1.165, 1.54) is 0 Å². The highest BCUT2D eigenvalue weighted by atomic mass is 32.2. The molecule has 146 valence electrons. The lowest BCUT2D eigenvalue weighted by molar-refractivity contribution is 0.0731. The SMILES string of the molecule is Cn1cccc1C1CCCN1C(=O)c1cccc(NS(=O)(=O)c2cccs2)c1. The Bertz CT molecular complexity index is 1090. The van der Waals surface area contributed by atoms with Gasteiger partial charge in [-0.3, -0.25) is 9.52 Å². The largest absolute Gasteiger partial charge is 0.353 e. The van der Waals surface area contributed by atoms with E-state index in [2.05, 4.69) is 4.72 Å². The Kier molecular flexibility index (Phi) is 4.99. The second-order valence-electron chi connectivity index (χ2n) is 6.82. The van der Waals surface area contributed by atoms with Crippen molar-refractivity contribution in [3.05, 3.63) is 71.4 Å². The normalized spacial score (nSPS) is 17.0. The van der Waals surface area contributed by atoms with E-state index < -0.39 is 10.0 Å². The summed E-state index contributed by atoms with van der Waals surface area (Å²) in [6.07, 6.45) is 3.86. The molecule has 0 bridgehead atoms. The molecule has 3 aromatic rings. The number of nitrogens with zero attached hydrogens (tertiary/aromatic N) is 2. The van der Waals surface area contributed by atoms with Crippen LogP contribution >= 0.6 is 11.3 Å². The highest BCUT2D eigenvalue weighted by molar-refractivity contribution is 7.94. The summed E-state index contributed by atoms with van der Waals surface area (Å²) in [7, 11) is -1.66. The molecule has 1 saturated heterocycles.